The summed E-state index contributed by atoms with van der Waals surface area (Å²) < 4.78 is 13.5. The number of aromatic nitrogens is 1. The number of pyridine rings is 1. The lowest BCUT2D eigenvalue weighted by Crippen LogP contribution is -2.07. The highest BCUT2D eigenvalue weighted by Crippen LogP contribution is 2.28. The SMILES string of the molecule is O=C(O)c1cc(NCc2ccncc2)c([N+](=O)[O-])cc1F. The summed E-state index contributed by atoms with van der Waals surface area (Å²) in [5.74, 6) is -2.64. The molecule has 2 aromatic rings. The quantitative estimate of drug-likeness (QED) is 0.647. The van der Waals surface area contributed by atoms with Crippen LogP contribution in [0.5, 0.6) is 0 Å². The summed E-state index contributed by atoms with van der Waals surface area (Å²) >= 11 is 0. The number of hydrogen-bond acceptors (Lipinski definition) is 5. The van der Waals surface area contributed by atoms with Gasteiger partial charge in [0, 0.05) is 18.9 Å². The van der Waals surface area contributed by atoms with Crippen LogP contribution in [0, 0.1) is 15.9 Å². The Morgan fingerprint density at radius 2 is 2.05 bits per heavy atom. The van der Waals surface area contributed by atoms with Gasteiger partial charge in [0.2, 0.25) is 0 Å². The first-order valence-electron chi connectivity index (χ1n) is 5.83. The molecule has 0 aliphatic heterocycles. The summed E-state index contributed by atoms with van der Waals surface area (Å²) in [7, 11) is 0. The minimum atomic E-state index is -1.49. The van der Waals surface area contributed by atoms with Gasteiger partial charge in [-0.2, -0.15) is 0 Å². The number of carboxylic acids is 1. The number of nitro benzene ring substituents is 1. The molecule has 0 saturated carbocycles. The van der Waals surface area contributed by atoms with Crippen molar-refractivity contribution in [1.29, 1.82) is 0 Å². The van der Waals surface area contributed by atoms with Gasteiger partial charge in [0.1, 0.15) is 11.5 Å². The number of hydrogen-bond donors (Lipinski definition) is 2. The maximum absolute atomic E-state index is 13.5. The first kappa shape index (κ1) is 14.4. The maximum Gasteiger partial charge on any atom is 0.338 e. The maximum atomic E-state index is 13.5. The molecule has 1 aromatic carbocycles. The van der Waals surface area contributed by atoms with Crippen LogP contribution in [0.1, 0.15) is 15.9 Å². The normalized spacial score (nSPS) is 10.1. The van der Waals surface area contributed by atoms with Crippen molar-refractivity contribution in [3.8, 4) is 0 Å². The number of nitrogens with zero attached hydrogens (tertiary/aromatic N) is 2. The lowest BCUT2D eigenvalue weighted by Gasteiger charge is -2.08. The Kier molecular flexibility index (Phi) is 4.07. The van der Waals surface area contributed by atoms with Crippen molar-refractivity contribution in [3.63, 3.8) is 0 Å². The largest absolute Gasteiger partial charge is 0.478 e. The van der Waals surface area contributed by atoms with Gasteiger partial charge in [-0.05, 0) is 23.8 Å². The van der Waals surface area contributed by atoms with Gasteiger partial charge in [0.05, 0.1) is 16.6 Å². The van der Waals surface area contributed by atoms with E-state index in [0.717, 1.165) is 11.6 Å². The van der Waals surface area contributed by atoms with Gasteiger partial charge in [-0.15, -0.1) is 0 Å². The lowest BCUT2D eigenvalue weighted by atomic mass is 10.1. The molecule has 0 radical (unpaired) electrons. The van der Waals surface area contributed by atoms with E-state index in [-0.39, 0.29) is 12.2 Å². The Labute approximate surface area is 118 Å². The molecular formula is C13H10FN3O4. The van der Waals surface area contributed by atoms with Crippen LogP contribution in [0.15, 0.2) is 36.7 Å². The third-order valence-corrected chi connectivity index (χ3v) is 2.74. The molecule has 0 atom stereocenters. The number of rotatable bonds is 5. The fourth-order valence-electron chi connectivity index (χ4n) is 1.72. The molecule has 108 valence electrons. The molecule has 0 aliphatic rings. The van der Waals surface area contributed by atoms with E-state index in [2.05, 4.69) is 10.3 Å². The zero-order chi connectivity index (χ0) is 15.4. The standard InChI is InChI=1S/C13H10FN3O4/c14-10-6-12(17(20)21)11(5-9(10)13(18)19)16-7-8-1-3-15-4-2-8/h1-6,16H,7H2,(H,18,19). The van der Waals surface area contributed by atoms with E-state index in [1.807, 2.05) is 0 Å². The molecule has 1 heterocycles. The van der Waals surface area contributed by atoms with Crippen LogP contribution in [0.25, 0.3) is 0 Å². The Morgan fingerprint density at radius 3 is 2.62 bits per heavy atom. The predicted molar refractivity (Wildman–Crippen MR) is 71.6 cm³/mol. The van der Waals surface area contributed by atoms with E-state index in [1.165, 1.54) is 0 Å². The molecule has 2 rings (SSSR count). The average molecular weight is 291 g/mol. The van der Waals surface area contributed by atoms with Gasteiger partial charge < -0.3 is 10.4 Å². The molecular weight excluding hydrogens is 281 g/mol. The second-order valence-electron chi connectivity index (χ2n) is 4.12. The fourth-order valence-corrected chi connectivity index (χ4v) is 1.72. The Morgan fingerprint density at radius 1 is 1.38 bits per heavy atom. The number of benzene rings is 1. The smallest absolute Gasteiger partial charge is 0.338 e. The second-order valence-corrected chi connectivity index (χ2v) is 4.12. The number of carboxylic acid groups (broad SMARTS) is 1. The zero-order valence-electron chi connectivity index (χ0n) is 10.6. The summed E-state index contributed by atoms with van der Waals surface area (Å²) in [6.07, 6.45) is 3.11. The van der Waals surface area contributed by atoms with Crippen LogP contribution in [0.3, 0.4) is 0 Å². The van der Waals surface area contributed by atoms with E-state index in [9.17, 15) is 19.3 Å². The van der Waals surface area contributed by atoms with E-state index in [0.29, 0.717) is 6.07 Å². The van der Waals surface area contributed by atoms with Crippen molar-refractivity contribution in [2.75, 3.05) is 5.32 Å². The molecule has 0 bridgehead atoms. The molecule has 2 N–H and O–H groups in total. The van der Waals surface area contributed by atoms with Crippen molar-refractivity contribution in [2.45, 2.75) is 6.54 Å². The van der Waals surface area contributed by atoms with Gasteiger partial charge in [-0.1, -0.05) is 0 Å². The van der Waals surface area contributed by atoms with Crippen LogP contribution in [0.4, 0.5) is 15.8 Å². The number of anilines is 1. The van der Waals surface area contributed by atoms with E-state index >= 15 is 0 Å². The molecule has 21 heavy (non-hydrogen) atoms. The van der Waals surface area contributed by atoms with Crippen LogP contribution >= 0.6 is 0 Å². The van der Waals surface area contributed by atoms with Gasteiger partial charge in [-0.3, -0.25) is 15.1 Å². The summed E-state index contributed by atoms with van der Waals surface area (Å²) in [5.41, 5.74) is -0.416. The molecule has 0 amide bonds. The molecule has 1 aromatic heterocycles. The van der Waals surface area contributed by atoms with Crippen LogP contribution < -0.4 is 5.32 Å². The predicted octanol–water partition coefficient (Wildman–Crippen LogP) is 2.44. The number of nitrogens with one attached hydrogen (secondary N) is 1. The lowest BCUT2D eigenvalue weighted by molar-refractivity contribution is -0.384. The van der Waals surface area contributed by atoms with Crippen molar-refractivity contribution in [2.24, 2.45) is 0 Å². The second kappa shape index (κ2) is 5.95. The topological polar surface area (TPSA) is 105 Å². The Bertz CT molecular complexity index is 691. The highest BCUT2D eigenvalue weighted by Gasteiger charge is 2.21. The molecule has 0 aliphatic carbocycles. The monoisotopic (exact) mass is 291 g/mol. The molecule has 7 nitrogen and oxygen atoms in total. The molecule has 0 saturated heterocycles. The van der Waals surface area contributed by atoms with Crippen LogP contribution in [0.2, 0.25) is 0 Å². The van der Waals surface area contributed by atoms with E-state index < -0.39 is 28.0 Å². The molecule has 8 heteroatoms. The number of nitro groups is 1. The minimum absolute atomic E-state index is 0.0596. The van der Waals surface area contributed by atoms with Gasteiger partial charge >= 0.3 is 5.97 Å². The van der Waals surface area contributed by atoms with Crippen molar-refractivity contribution in [1.82, 2.24) is 4.98 Å². The van der Waals surface area contributed by atoms with E-state index in [1.54, 1.807) is 24.5 Å². The highest BCUT2D eigenvalue weighted by molar-refractivity contribution is 5.90. The summed E-state index contributed by atoms with van der Waals surface area (Å²) in [6.45, 7) is 0.216. The first-order valence-corrected chi connectivity index (χ1v) is 5.83. The third kappa shape index (κ3) is 3.30. The molecule has 0 spiro atoms. The number of halogens is 1. The zero-order valence-corrected chi connectivity index (χ0v) is 10.6. The van der Waals surface area contributed by atoms with Crippen molar-refractivity contribution in [3.05, 3.63) is 63.7 Å². The third-order valence-electron chi connectivity index (χ3n) is 2.74. The Balaban J connectivity index is 2.34. The number of aromatic carboxylic acids is 1. The summed E-state index contributed by atoms with van der Waals surface area (Å²) in [5, 5.41) is 22.5. The first-order chi connectivity index (χ1) is 9.99. The van der Waals surface area contributed by atoms with Gasteiger partial charge in [-0.25, -0.2) is 9.18 Å². The van der Waals surface area contributed by atoms with Gasteiger partial charge in [0.15, 0.2) is 0 Å². The Hall–Kier alpha value is -3.03. The van der Waals surface area contributed by atoms with Crippen molar-refractivity contribution < 1.29 is 19.2 Å². The van der Waals surface area contributed by atoms with E-state index in [4.69, 9.17) is 5.11 Å². The van der Waals surface area contributed by atoms with Gasteiger partial charge in [0.25, 0.3) is 5.69 Å². The van der Waals surface area contributed by atoms with Crippen molar-refractivity contribution >= 4 is 17.3 Å². The highest BCUT2D eigenvalue weighted by atomic mass is 19.1. The minimum Gasteiger partial charge on any atom is -0.478 e. The fraction of sp³-hybridized carbons (Fsp3) is 0.0769. The summed E-state index contributed by atoms with van der Waals surface area (Å²) in [6, 6.07) is 4.90. The molecule has 0 fully saturated rings. The van der Waals surface area contributed by atoms with Crippen LogP contribution in [-0.4, -0.2) is 21.0 Å². The average Bonchev–Trinajstić information content (AvgIpc) is 2.46. The van der Waals surface area contributed by atoms with Crippen LogP contribution in [-0.2, 0) is 6.54 Å². The summed E-state index contributed by atoms with van der Waals surface area (Å²) in [4.78, 5) is 24.8. The number of carbonyl (C=O) groups is 1. The molecule has 0 unspecified atom stereocenters.